The fourth-order valence-electron chi connectivity index (χ4n) is 3.51. The minimum absolute atomic E-state index is 0.115. The van der Waals surface area contributed by atoms with Crippen LogP contribution in [0.1, 0.15) is 30.0 Å². The molecule has 0 spiro atoms. The number of sulfonamides is 1. The second-order valence-electron chi connectivity index (χ2n) is 7.03. The quantitative estimate of drug-likeness (QED) is 0.672. The van der Waals surface area contributed by atoms with Crippen LogP contribution in [-0.4, -0.2) is 32.6 Å². The molecule has 1 unspecified atom stereocenters. The summed E-state index contributed by atoms with van der Waals surface area (Å²) in [6, 6.07) is 12.5. The molecule has 6 nitrogen and oxygen atoms in total. The predicted molar refractivity (Wildman–Crippen MR) is 106 cm³/mol. The van der Waals surface area contributed by atoms with E-state index in [0.29, 0.717) is 25.3 Å². The molecule has 2 aromatic carbocycles. The number of hydrogen-bond donors (Lipinski definition) is 2. The van der Waals surface area contributed by atoms with Crippen molar-refractivity contribution in [3.8, 4) is 5.75 Å². The van der Waals surface area contributed by atoms with E-state index in [0.717, 1.165) is 18.4 Å². The average Bonchev–Trinajstić information content (AvgIpc) is 3.08. The molecule has 28 heavy (non-hydrogen) atoms. The van der Waals surface area contributed by atoms with E-state index in [-0.39, 0.29) is 17.2 Å². The van der Waals surface area contributed by atoms with Crippen LogP contribution in [0.2, 0.25) is 0 Å². The Kier molecular flexibility index (Phi) is 6.36. The highest BCUT2D eigenvalue weighted by atomic mass is 32.2. The summed E-state index contributed by atoms with van der Waals surface area (Å²) in [4.78, 5) is 11.0. The number of aliphatic carboxylic acids is 1. The highest BCUT2D eigenvalue weighted by Gasteiger charge is 2.24. The Balaban J connectivity index is 1.58. The first-order valence-corrected chi connectivity index (χ1v) is 10.9. The SMILES string of the molecule is CCOc1ccc(S(=O)(=O)NCC2Cc3ccc(CCC(=O)O)cc3C2)cc1. The van der Waals surface area contributed by atoms with Gasteiger partial charge < -0.3 is 9.84 Å². The summed E-state index contributed by atoms with van der Waals surface area (Å²) in [6.07, 6.45) is 2.24. The van der Waals surface area contributed by atoms with Crippen LogP contribution in [0.5, 0.6) is 5.75 Å². The number of hydrogen-bond acceptors (Lipinski definition) is 4. The van der Waals surface area contributed by atoms with Crippen molar-refractivity contribution < 1.29 is 23.1 Å². The average molecular weight is 404 g/mol. The largest absolute Gasteiger partial charge is 0.494 e. The molecule has 7 heteroatoms. The molecule has 1 atom stereocenters. The maximum atomic E-state index is 12.5. The molecular weight excluding hydrogens is 378 g/mol. The smallest absolute Gasteiger partial charge is 0.303 e. The summed E-state index contributed by atoms with van der Waals surface area (Å²) < 4.78 is 33.1. The van der Waals surface area contributed by atoms with E-state index in [2.05, 4.69) is 10.8 Å². The fraction of sp³-hybridized carbons (Fsp3) is 0.381. The minimum Gasteiger partial charge on any atom is -0.494 e. The van der Waals surface area contributed by atoms with E-state index in [1.165, 1.54) is 11.1 Å². The molecule has 150 valence electrons. The number of fused-ring (bicyclic) bond motifs is 1. The van der Waals surface area contributed by atoms with Crippen LogP contribution in [-0.2, 0) is 34.1 Å². The summed E-state index contributed by atoms with van der Waals surface area (Å²) in [5.74, 6) is 0.0377. The van der Waals surface area contributed by atoms with Crippen LogP contribution in [0.4, 0.5) is 0 Å². The molecule has 0 radical (unpaired) electrons. The van der Waals surface area contributed by atoms with Gasteiger partial charge in [-0.1, -0.05) is 18.2 Å². The Morgan fingerprint density at radius 2 is 1.86 bits per heavy atom. The van der Waals surface area contributed by atoms with Crippen LogP contribution in [0, 0.1) is 5.92 Å². The van der Waals surface area contributed by atoms with Gasteiger partial charge in [-0.25, -0.2) is 13.1 Å². The Labute approximate surface area is 165 Å². The van der Waals surface area contributed by atoms with Crippen LogP contribution in [0.15, 0.2) is 47.4 Å². The number of nitrogens with one attached hydrogen (secondary N) is 1. The Hall–Kier alpha value is -2.38. The van der Waals surface area contributed by atoms with E-state index in [9.17, 15) is 13.2 Å². The topological polar surface area (TPSA) is 92.7 Å². The minimum atomic E-state index is -3.56. The lowest BCUT2D eigenvalue weighted by molar-refractivity contribution is -0.136. The molecule has 0 fully saturated rings. The summed E-state index contributed by atoms with van der Waals surface area (Å²) in [7, 11) is -3.56. The molecule has 0 saturated heterocycles. The number of carbonyl (C=O) groups is 1. The van der Waals surface area contributed by atoms with Gasteiger partial charge in [0.1, 0.15) is 5.75 Å². The zero-order valence-electron chi connectivity index (χ0n) is 15.8. The van der Waals surface area contributed by atoms with Crippen molar-refractivity contribution >= 4 is 16.0 Å². The third-order valence-corrected chi connectivity index (χ3v) is 6.36. The summed E-state index contributed by atoms with van der Waals surface area (Å²) >= 11 is 0. The normalized spacial score (nSPS) is 16.0. The van der Waals surface area contributed by atoms with Crippen LogP contribution >= 0.6 is 0 Å². The first-order valence-electron chi connectivity index (χ1n) is 9.42. The molecule has 0 heterocycles. The van der Waals surface area contributed by atoms with E-state index in [1.54, 1.807) is 24.3 Å². The second-order valence-corrected chi connectivity index (χ2v) is 8.79. The monoisotopic (exact) mass is 403 g/mol. The number of benzene rings is 2. The molecule has 1 aliphatic rings. The highest BCUT2D eigenvalue weighted by Crippen LogP contribution is 2.28. The first-order chi connectivity index (χ1) is 13.4. The van der Waals surface area contributed by atoms with Crippen molar-refractivity contribution in [2.45, 2.75) is 37.5 Å². The maximum absolute atomic E-state index is 12.5. The number of ether oxygens (including phenoxy) is 1. The van der Waals surface area contributed by atoms with Gasteiger partial charge in [0.15, 0.2) is 0 Å². The molecule has 0 bridgehead atoms. The van der Waals surface area contributed by atoms with Crippen molar-refractivity contribution in [1.82, 2.24) is 4.72 Å². The van der Waals surface area contributed by atoms with Gasteiger partial charge in [0.2, 0.25) is 10.0 Å². The van der Waals surface area contributed by atoms with Gasteiger partial charge in [-0.3, -0.25) is 4.79 Å². The highest BCUT2D eigenvalue weighted by molar-refractivity contribution is 7.89. The third kappa shape index (κ3) is 5.11. The Bertz CT molecular complexity index is 938. The molecule has 2 N–H and O–H groups in total. The second kappa shape index (κ2) is 8.75. The van der Waals surface area contributed by atoms with Gasteiger partial charge in [-0.15, -0.1) is 0 Å². The lowest BCUT2D eigenvalue weighted by atomic mass is 10.0. The van der Waals surface area contributed by atoms with Crippen LogP contribution < -0.4 is 9.46 Å². The zero-order valence-corrected chi connectivity index (χ0v) is 16.7. The van der Waals surface area contributed by atoms with Gasteiger partial charge in [-0.05, 0) is 73.1 Å². The van der Waals surface area contributed by atoms with Gasteiger partial charge >= 0.3 is 5.97 Å². The molecule has 0 aliphatic heterocycles. The van der Waals surface area contributed by atoms with Gasteiger partial charge in [-0.2, -0.15) is 0 Å². The van der Waals surface area contributed by atoms with Crippen molar-refractivity contribution in [3.63, 3.8) is 0 Å². The zero-order chi connectivity index (χ0) is 20.1. The molecular formula is C21H25NO5S. The van der Waals surface area contributed by atoms with Crippen LogP contribution in [0.3, 0.4) is 0 Å². The van der Waals surface area contributed by atoms with Crippen molar-refractivity contribution in [1.29, 1.82) is 0 Å². The Morgan fingerprint density at radius 1 is 1.14 bits per heavy atom. The molecule has 3 rings (SSSR count). The fourth-order valence-corrected chi connectivity index (χ4v) is 4.62. The number of carboxylic acid groups (broad SMARTS) is 1. The standard InChI is InChI=1S/C21H25NO5S/c1-2-27-19-6-8-20(9-7-19)28(25,26)22-14-16-12-17-5-3-15(4-10-21(23)24)11-18(17)13-16/h3,5-9,11,16,22H,2,4,10,12-14H2,1H3,(H,23,24). The third-order valence-electron chi connectivity index (χ3n) is 4.92. The molecule has 0 amide bonds. The Morgan fingerprint density at radius 3 is 2.54 bits per heavy atom. The lowest BCUT2D eigenvalue weighted by Crippen LogP contribution is -2.29. The van der Waals surface area contributed by atoms with Gasteiger partial charge in [0, 0.05) is 13.0 Å². The molecule has 2 aromatic rings. The molecule has 0 aromatic heterocycles. The predicted octanol–water partition coefficient (Wildman–Crippen LogP) is 2.80. The van der Waals surface area contributed by atoms with Crippen LogP contribution in [0.25, 0.3) is 0 Å². The molecule has 0 saturated carbocycles. The number of aryl methyl sites for hydroxylation is 1. The lowest BCUT2D eigenvalue weighted by Gasteiger charge is -2.12. The van der Waals surface area contributed by atoms with E-state index in [1.807, 2.05) is 19.1 Å². The van der Waals surface area contributed by atoms with Crippen molar-refractivity contribution in [2.24, 2.45) is 5.92 Å². The first kappa shape index (κ1) is 20.4. The summed E-state index contributed by atoms with van der Waals surface area (Å²) in [5.41, 5.74) is 3.41. The molecule has 1 aliphatic carbocycles. The summed E-state index contributed by atoms with van der Waals surface area (Å²) in [6.45, 7) is 2.78. The number of carboxylic acids is 1. The van der Waals surface area contributed by atoms with E-state index in [4.69, 9.17) is 9.84 Å². The van der Waals surface area contributed by atoms with Crippen molar-refractivity contribution in [3.05, 3.63) is 59.2 Å². The van der Waals surface area contributed by atoms with Gasteiger partial charge in [0.05, 0.1) is 11.5 Å². The van der Waals surface area contributed by atoms with E-state index < -0.39 is 16.0 Å². The van der Waals surface area contributed by atoms with E-state index >= 15 is 0 Å². The number of rotatable bonds is 9. The van der Waals surface area contributed by atoms with Crippen molar-refractivity contribution in [2.75, 3.05) is 13.2 Å². The summed E-state index contributed by atoms with van der Waals surface area (Å²) in [5, 5.41) is 8.82. The maximum Gasteiger partial charge on any atom is 0.303 e. The van der Waals surface area contributed by atoms with Gasteiger partial charge in [0.25, 0.3) is 0 Å².